The molecule has 0 saturated carbocycles. The van der Waals surface area contributed by atoms with E-state index in [1.807, 2.05) is 32.0 Å². The Morgan fingerprint density at radius 2 is 2.00 bits per heavy atom. The van der Waals surface area contributed by atoms with Gasteiger partial charge >= 0.3 is 5.97 Å². The second kappa shape index (κ2) is 4.80. The molecule has 96 valence electrons. The van der Waals surface area contributed by atoms with Crippen molar-refractivity contribution in [1.29, 1.82) is 0 Å². The highest BCUT2D eigenvalue weighted by Crippen LogP contribution is 2.18. The van der Waals surface area contributed by atoms with Gasteiger partial charge in [0.2, 0.25) is 5.91 Å². The Morgan fingerprint density at radius 3 is 2.61 bits per heavy atom. The number of aliphatic carboxylic acids is 1. The lowest BCUT2D eigenvalue weighted by Crippen LogP contribution is -2.53. The van der Waals surface area contributed by atoms with Crippen LogP contribution < -0.4 is 0 Å². The third-order valence-electron chi connectivity index (χ3n) is 3.43. The smallest absolute Gasteiger partial charge is 0.310 e. The van der Waals surface area contributed by atoms with Crippen molar-refractivity contribution in [3.05, 3.63) is 34.9 Å². The van der Waals surface area contributed by atoms with Crippen molar-refractivity contribution in [2.45, 2.75) is 20.3 Å². The zero-order valence-corrected chi connectivity index (χ0v) is 10.6. The maximum Gasteiger partial charge on any atom is 0.310 e. The summed E-state index contributed by atoms with van der Waals surface area (Å²) in [6.07, 6.45) is 0.361. The SMILES string of the molecule is Cc1ccc(C)c(CC(=O)N2CC(C(=O)O)C2)c1. The van der Waals surface area contributed by atoms with Crippen LogP contribution in [0.3, 0.4) is 0 Å². The Labute approximate surface area is 106 Å². The monoisotopic (exact) mass is 247 g/mol. The fourth-order valence-electron chi connectivity index (χ4n) is 2.10. The number of carbonyl (C=O) groups excluding carboxylic acids is 1. The molecule has 0 bridgehead atoms. The average Bonchev–Trinajstić information content (AvgIpc) is 2.20. The third kappa shape index (κ3) is 2.53. The number of aryl methyl sites for hydroxylation is 2. The summed E-state index contributed by atoms with van der Waals surface area (Å²) in [5.74, 6) is -1.18. The van der Waals surface area contributed by atoms with Crippen molar-refractivity contribution < 1.29 is 14.7 Å². The standard InChI is InChI=1S/C14H17NO3/c1-9-3-4-10(2)11(5-9)6-13(16)15-7-12(8-15)14(17)18/h3-5,12H,6-8H2,1-2H3,(H,17,18). The molecule has 1 heterocycles. The van der Waals surface area contributed by atoms with Crippen LogP contribution in [0.5, 0.6) is 0 Å². The second-order valence-electron chi connectivity index (χ2n) is 4.94. The van der Waals surface area contributed by atoms with Crippen LogP contribution in [-0.4, -0.2) is 35.0 Å². The first-order chi connectivity index (χ1) is 8.47. The molecular weight excluding hydrogens is 230 g/mol. The number of hydrogen-bond donors (Lipinski definition) is 1. The van der Waals surface area contributed by atoms with Gasteiger partial charge in [0, 0.05) is 13.1 Å². The van der Waals surface area contributed by atoms with Crippen molar-refractivity contribution in [2.24, 2.45) is 5.92 Å². The van der Waals surface area contributed by atoms with Gasteiger partial charge in [-0.3, -0.25) is 9.59 Å². The molecule has 1 fully saturated rings. The summed E-state index contributed by atoms with van der Waals surface area (Å²) >= 11 is 0. The molecule has 1 aliphatic rings. The summed E-state index contributed by atoms with van der Waals surface area (Å²) < 4.78 is 0. The summed E-state index contributed by atoms with van der Waals surface area (Å²) in [5.41, 5.74) is 3.26. The molecule has 1 N–H and O–H groups in total. The molecular formula is C14H17NO3. The molecule has 0 unspecified atom stereocenters. The van der Waals surface area contributed by atoms with E-state index in [9.17, 15) is 9.59 Å². The van der Waals surface area contributed by atoms with Gasteiger partial charge in [0.25, 0.3) is 0 Å². The molecule has 4 heteroatoms. The van der Waals surface area contributed by atoms with Crippen LogP contribution in [0.15, 0.2) is 18.2 Å². The molecule has 0 radical (unpaired) electrons. The number of benzene rings is 1. The molecule has 4 nitrogen and oxygen atoms in total. The maximum absolute atomic E-state index is 12.0. The van der Waals surface area contributed by atoms with E-state index in [0.29, 0.717) is 19.5 Å². The molecule has 1 aromatic carbocycles. The molecule has 1 aliphatic heterocycles. The van der Waals surface area contributed by atoms with E-state index in [1.54, 1.807) is 4.90 Å². The van der Waals surface area contributed by atoms with Crippen LogP contribution in [0.25, 0.3) is 0 Å². The second-order valence-corrected chi connectivity index (χ2v) is 4.94. The molecule has 1 saturated heterocycles. The number of likely N-dealkylation sites (tertiary alicyclic amines) is 1. The lowest BCUT2D eigenvalue weighted by Gasteiger charge is -2.36. The van der Waals surface area contributed by atoms with E-state index in [-0.39, 0.29) is 11.8 Å². The summed E-state index contributed by atoms with van der Waals surface area (Å²) in [5, 5.41) is 8.77. The van der Waals surface area contributed by atoms with Gasteiger partial charge in [0.05, 0.1) is 12.3 Å². The van der Waals surface area contributed by atoms with Gasteiger partial charge in [-0.2, -0.15) is 0 Å². The normalized spacial score (nSPS) is 15.3. The minimum Gasteiger partial charge on any atom is -0.481 e. The molecule has 18 heavy (non-hydrogen) atoms. The van der Waals surface area contributed by atoms with Gasteiger partial charge in [-0.05, 0) is 25.0 Å². The van der Waals surface area contributed by atoms with Crippen molar-refractivity contribution in [3.8, 4) is 0 Å². The summed E-state index contributed by atoms with van der Waals surface area (Å²) in [4.78, 5) is 24.2. The number of carboxylic acids is 1. The summed E-state index contributed by atoms with van der Waals surface area (Å²) in [7, 11) is 0. The van der Waals surface area contributed by atoms with E-state index in [0.717, 1.165) is 16.7 Å². The molecule has 0 aromatic heterocycles. The first-order valence-corrected chi connectivity index (χ1v) is 6.04. The van der Waals surface area contributed by atoms with Crippen molar-refractivity contribution in [2.75, 3.05) is 13.1 Å². The quantitative estimate of drug-likeness (QED) is 0.878. The number of nitrogens with zero attached hydrogens (tertiary/aromatic N) is 1. The predicted octanol–water partition coefficient (Wildman–Crippen LogP) is 1.39. The number of carboxylic acid groups (broad SMARTS) is 1. The van der Waals surface area contributed by atoms with Crippen LogP contribution in [0, 0.1) is 19.8 Å². The Hall–Kier alpha value is -1.84. The third-order valence-corrected chi connectivity index (χ3v) is 3.43. The Balaban J connectivity index is 1.96. The van der Waals surface area contributed by atoms with Gasteiger partial charge in [0.15, 0.2) is 0 Å². The van der Waals surface area contributed by atoms with E-state index >= 15 is 0 Å². The first kappa shape index (κ1) is 12.6. The highest BCUT2D eigenvalue weighted by atomic mass is 16.4. The Kier molecular flexibility index (Phi) is 3.36. The van der Waals surface area contributed by atoms with Crippen LogP contribution in [0.4, 0.5) is 0 Å². The lowest BCUT2D eigenvalue weighted by atomic mass is 9.97. The zero-order chi connectivity index (χ0) is 13.3. The summed E-state index contributed by atoms with van der Waals surface area (Å²) in [6.45, 7) is 4.67. The van der Waals surface area contributed by atoms with E-state index in [2.05, 4.69) is 0 Å². The molecule has 0 atom stereocenters. The average molecular weight is 247 g/mol. The van der Waals surface area contributed by atoms with E-state index in [4.69, 9.17) is 5.11 Å². The molecule has 1 aromatic rings. The highest BCUT2D eigenvalue weighted by Gasteiger charge is 2.35. The molecule has 0 spiro atoms. The number of amides is 1. The molecule has 1 amide bonds. The minimum atomic E-state index is -0.814. The van der Waals surface area contributed by atoms with Gasteiger partial charge in [-0.15, -0.1) is 0 Å². The van der Waals surface area contributed by atoms with Crippen LogP contribution in [-0.2, 0) is 16.0 Å². The van der Waals surface area contributed by atoms with E-state index < -0.39 is 5.97 Å². The van der Waals surface area contributed by atoms with Crippen molar-refractivity contribution in [3.63, 3.8) is 0 Å². The number of hydrogen-bond acceptors (Lipinski definition) is 2. The Bertz CT molecular complexity index is 490. The highest BCUT2D eigenvalue weighted by molar-refractivity contribution is 5.82. The first-order valence-electron chi connectivity index (χ1n) is 6.04. The molecule has 0 aliphatic carbocycles. The van der Waals surface area contributed by atoms with E-state index in [1.165, 1.54) is 0 Å². The maximum atomic E-state index is 12.0. The van der Waals surface area contributed by atoms with Crippen LogP contribution >= 0.6 is 0 Å². The fraction of sp³-hybridized carbons (Fsp3) is 0.429. The van der Waals surface area contributed by atoms with Gasteiger partial charge in [-0.1, -0.05) is 23.8 Å². The fourth-order valence-corrected chi connectivity index (χ4v) is 2.10. The largest absolute Gasteiger partial charge is 0.481 e. The van der Waals surface area contributed by atoms with Gasteiger partial charge < -0.3 is 10.0 Å². The van der Waals surface area contributed by atoms with Crippen LogP contribution in [0.1, 0.15) is 16.7 Å². The van der Waals surface area contributed by atoms with Crippen molar-refractivity contribution in [1.82, 2.24) is 4.90 Å². The Morgan fingerprint density at radius 1 is 1.33 bits per heavy atom. The molecule has 2 rings (SSSR count). The summed E-state index contributed by atoms with van der Waals surface area (Å²) in [6, 6.07) is 6.04. The van der Waals surface area contributed by atoms with Gasteiger partial charge in [0.1, 0.15) is 0 Å². The van der Waals surface area contributed by atoms with Crippen molar-refractivity contribution >= 4 is 11.9 Å². The van der Waals surface area contributed by atoms with Crippen LogP contribution in [0.2, 0.25) is 0 Å². The predicted molar refractivity (Wildman–Crippen MR) is 67.3 cm³/mol. The minimum absolute atomic E-state index is 0.0150. The number of rotatable bonds is 3. The lowest BCUT2D eigenvalue weighted by molar-refractivity contribution is -0.152. The zero-order valence-electron chi connectivity index (χ0n) is 10.6. The topological polar surface area (TPSA) is 57.6 Å². The van der Waals surface area contributed by atoms with Gasteiger partial charge in [-0.25, -0.2) is 0 Å². The number of carbonyl (C=O) groups is 2.